The molecule has 194 valence electrons. The molecular weight excluding hydrogens is 637 g/mol. The average Bonchev–Trinajstić information content (AvgIpc) is 3.56. The lowest BCUT2D eigenvalue weighted by molar-refractivity contribution is -0.667. The number of hydrogen-bond donors (Lipinski definition) is 1. The number of allylic oxidation sites excluding steroid dienone is 1. The Labute approximate surface area is 244 Å². The predicted octanol–water partition coefficient (Wildman–Crippen LogP) is 0.583. The number of thiazole rings is 2. The number of benzene rings is 2. The minimum absolute atomic E-state index is 0. The van der Waals surface area contributed by atoms with Gasteiger partial charge in [0.05, 0.1) is 15.6 Å². The van der Waals surface area contributed by atoms with Crippen molar-refractivity contribution >= 4 is 73.5 Å². The molecule has 10 heteroatoms. The van der Waals surface area contributed by atoms with E-state index < -0.39 is 5.97 Å². The molecule has 1 aliphatic rings. The molecule has 1 aliphatic heterocycles. The number of halogens is 1. The molecule has 6 nitrogen and oxygen atoms in total. The van der Waals surface area contributed by atoms with Crippen molar-refractivity contribution in [2.75, 3.05) is 18.8 Å². The molecule has 0 aliphatic carbocycles. The van der Waals surface area contributed by atoms with Gasteiger partial charge in [0.25, 0.3) is 10.6 Å². The van der Waals surface area contributed by atoms with Crippen LogP contribution in [0, 0.1) is 0 Å². The van der Waals surface area contributed by atoms with Gasteiger partial charge in [0, 0.05) is 36.8 Å². The summed E-state index contributed by atoms with van der Waals surface area (Å²) in [5.74, 6) is 0.249. The molecule has 2 aromatic carbocycles. The number of thioether (sulfide) groups is 1. The van der Waals surface area contributed by atoms with E-state index in [-0.39, 0.29) is 36.0 Å². The lowest BCUT2D eigenvalue weighted by atomic mass is 10.1. The third-order valence-electron chi connectivity index (χ3n) is 6.35. The first-order valence-electron chi connectivity index (χ1n) is 12.1. The first-order valence-corrected chi connectivity index (χ1v) is 14.7. The highest BCUT2D eigenvalue weighted by molar-refractivity contribution is 8.03. The van der Waals surface area contributed by atoms with E-state index in [0.717, 1.165) is 49.5 Å². The maximum absolute atomic E-state index is 13.2. The Hall–Kier alpha value is -2.15. The smallest absolute Gasteiger partial charge is 0.309 e. The zero-order valence-corrected chi connectivity index (χ0v) is 25.3. The zero-order chi connectivity index (χ0) is 25.2. The monoisotopic (exact) mass is 665 g/mol. The minimum atomic E-state index is -0.828. The van der Waals surface area contributed by atoms with E-state index in [1.54, 1.807) is 15.9 Å². The number of aryl methyl sites for hydroxylation is 1. The summed E-state index contributed by atoms with van der Waals surface area (Å²) in [5.41, 5.74) is 1.03. The highest BCUT2D eigenvalue weighted by Crippen LogP contribution is 2.30. The summed E-state index contributed by atoms with van der Waals surface area (Å²) in [7, 11) is 0. The average molecular weight is 666 g/mol. The number of carboxylic acid groups (broad SMARTS) is 1. The molecule has 5 rings (SSSR count). The van der Waals surface area contributed by atoms with E-state index in [4.69, 9.17) is 0 Å². The molecule has 0 radical (unpaired) electrons. The second-order valence-electron chi connectivity index (χ2n) is 8.47. The van der Waals surface area contributed by atoms with Gasteiger partial charge >= 0.3 is 5.97 Å². The zero-order valence-electron chi connectivity index (χ0n) is 20.6. The van der Waals surface area contributed by atoms with Crippen LogP contribution < -0.4 is 43.3 Å². The van der Waals surface area contributed by atoms with E-state index in [9.17, 15) is 14.7 Å². The van der Waals surface area contributed by atoms with Crippen LogP contribution in [-0.4, -0.2) is 39.4 Å². The quantitative estimate of drug-likeness (QED) is 0.232. The summed E-state index contributed by atoms with van der Waals surface area (Å²) < 4.78 is 6.59. The summed E-state index contributed by atoms with van der Waals surface area (Å²) in [6.45, 7) is 7.08. The van der Waals surface area contributed by atoms with Crippen LogP contribution in [0.15, 0.2) is 52.3 Å². The molecule has 3 heterocycles. The SMILES string of the molecule is CCN1CCS/C1=C\C=c1/s/c(=C\c2sc3c4ccccc4ccc3[n+]2CCC(=O)O)n(CC)c1=O.[I-]. The number of rotatable bonds is 7. The number of aromatic nitrogens is 2. The topological polar surface area (TPSA) is 66.4 Å². The molecule has 0 saturated carbocycles. The standard InChI is InChI=1S/C27H27N3O3S3.HI/c1-3-28-15-16-34-22(28)12-11-21-27(33)29(4-2)23(35-21)17-24-30(14-13-25(31)32)20-10-9-18-7-5-6-8-19(18)26(20)36-24;/h5-12,17H,3-4,13-16H2,1-2H3;1H/b21-11-,22-12-;. The van der Waals surface area contributed by atoms with Gasteiger partial charge in [0.2, 0.25) is 5.52 Å². The second kappa shape index (κ2) is 12.1. The Morgan fingerprint density at radius 1 is 1.11 bits per heavy atom. The highest BCUT2D eigenvalue weighted by Gasteiger charge is 2.22. The predicted molar refractivity (Wildman–Crippen MR) is 151 cm³/mol. The van der Waals surface area contributed by atoms with Crippen molar-refractivity contribution in [2.24, 2.45) is 0 Å². The van der Waals surface area contributed by atoms with Crippen LogP contribution in [0.1, 0.15) is 25.3 Å². The third-order valence-corrected chi connectivity index (χ3v) is 9.69. The molecule has 0 atom stereocenters. The molecule has 1 N–H and O–H groups in total. The molecular formula is C27H28IN3O3S3. The van der Waals surface area contributed by atoms with Crippen molar-refractivity contribution < 1.29 is 38.4 Å². The molecule has 1 saturated heterocycles. The normalized spacial score (nSPS) is 15.8. The summed E-state index contributed by atoms with van der Waals surface area (Å²) in [4.78, 5) is 26.9. The van der Waals surface area contributed by atoms with Gasteiger partial charge in [-0.25, -0.2) is 0 Å². The fraction of sp³-hybridized carbons (Fsp3) is 0.296. The number of aliphatic carboxylic acids is 1. The van der Waals surface area contributed by atoms with Gasteiger partial charge in [0.1, 0.15) is 15.8 Å². The van der Waals surface area contributed by atoms with Gasteiger partial charge in [-0.3, -0.25) is 14.2 Å². The first-order chi connectivity index (χ1) is 17.5. The van der Waals surface area contributed by atoms with E-state index in [2.05, 4.69) is 46.7 Å². The molecule has 4 aromatic rings. The first kappa shape index (κ1) is 27.9. The van der Waals surface area contributed by atoms with Crippen molar-refractivity contribution in [3.63, 3.8) is 0 Å². The minimum Gasteiger partial charge on any atom is -1.00 e. The van der Waals surface area contributed by atoms with Crippen LogP contribution in [0.2, 0.25) is 0 Å². The molecule has 1 fully saturated rings. The Balaban J connectivity index is 0.00000320. The van der Waals surface area contributed by atoms with Crippen molar-refractivity contribution in [2.45, 2.75) is 33.4 Å². The van der Waals surface area contributed by atoms with Gasteiger partial charge in [-0.05, 0) is 37.5 Å². The third kappa shape index (κ3) is 5.67. The molecule has 37 heavy (non-hydrogen) atoms. The molecule has 0 amide bonds. The van der Waals surface area contributed by atoms with E-state index in [1.165, 1.54) is 16.4 Å². The van der Waals surface area contributed by atoms with Crippen molar-refractivity contribution in [3.05, 3.63) is 72.1 Å². The van der Waals surface area contributed by atoms with Crippen molar-refractivity contribution in [1.29, 1.82) is 0 Å². The van der Waals surface area contributed by atoms with Gasteiger partial charge in [-0.1, -0.05) is 35.6 Å². The second-order valence-corrected chi connectivity index (χ2v) is 11.7. The maximum atomic E-state index is 13.2. The molecule has 0 spiro atoms. The summed E-state index contributed by atoms with van der Waals surface area (Å²) >= 11 is 4.96. The Kier molecular flexibility index (Phi) is 9.15. The van der Waals surface area contributed by atoms with Gasteiger partial charge in [-0.2, -0.15) is 4.57 Å². The number of carbonyl (C=O) groups is 1. The van der Waals surface area contributed by atoms with Gasteiger partial charge in [0.15, 0.2) is 6.54 Å². The largest absolute Gasteiger partial charge is 1.00 e. The van der Waals surface area contributed by atoms with Crippen molar-refractivity contribution in [3.8, 4) is 0 Å². The fourth-order valence-corrected chi connectivity index (χ4v) is 7.99. The molecule has 0 bridgehead atoms. The highest BCUT2D eigenvalue weighted by atomic mass is 127. The van der Waals surface area contributed by atoms with Crippen LogP contribution >= 0.6 is 34.4 Å². The van der Waals surface area contributed by atoms with Crippen LogP contribution in [0.4, 0.5) is 0 Å². The molecule has 0 unspecified atom stereocenters. The number of hydrogen-bond acceptors (Lipinski definition) is 6. The number of fused-ring (bicyclic) bond motifs is 3. The van der Waals surface area contributed by atoms with Crippen LogP contribution in [0.3, 0.4) is 0 Å². The van der Waals surface area contributed by atoms with E-state index in [1.807, 2.05) is 43.0 Å². The number of carboxylic acids is 1. The molecule has 2 aromatic heterocycles. The van der Waals surface area contributed by atoms with Gasteiger partial charge < -0.3 is 34.0 Å². The Morgan fingerprint density at radius 2 is 1.92 bits per heavy atom. The Bertz CT molecular complexity index is 1670. The van der Waals surface area contributed by atoms with E-state index >= 15 is 0 Å². The van der Waals surface area contributed by atoms with Crippen LogP contribution in [-0.2, 0) is 17.9 Å². The summed E-state index contributed by atoms with van der Waals surface area (Å²) in [6, 6.07) is 12.4. The number of nitrogens with zero attached hydrogens (tertiary/aromatic N) is 3. The van der Waals surface area contributed by atoms with Crippen LogP contribution in [0.5, 0.6) is 0 Å². The maximum Gasteiger partial charge on any atom is 0.309 e. The van der Waals surface area contributed by atoms with Crippen LogP contribution in [0.25, 0.3) is 33.1 Å². The summed E-state index contributed by atoms with van der Waals surface area (Å²) in [6.07, 6.45) is 6.10. The lowest BCUT2D eigenvalue weighted by Gasteiger charge is -2.14. The fourth-order valence-electron chi connectivity index (χ4n) is 4.51. The Morgan fingerprint density at radius 3 is 2.68 bits per heavy atom. The lowest BCUT2D eigenvalue weighted by Crippen LogP contribution is -3.00. The van der Waals surface area contributed by atoms with Crippen molar-refractivity contribution in [1.82, 2.24) is 9.47 Å². The van der Waals surface area contributed by atoms with Gasteiger partial charge in [-0.15, -0.1) is 23.1 Å². The van der Waals surface area contributed by atoms with E-state index in [0.29, 0.717) is 17.6 Å². The summed E-state index contributed by atoms with van der Waals surface area (Å²) in [5, 5.41) is 13.8.